The largest absolute Gasteiger partial charge is 0.324 e. The zero-order valence-corrected chi connectivity index (χ0v) is 11.1. The molecule has 0 aliphatic heterocycles. The highest BCUT2D eigenvalue weighted by Crippen LogP contribution is 2.22. The fourth-order valence-corrected chi connectivity index (χ4v) is 2.10. The lowest BCUT2D eigenvalue weighted by atomic mass is 10.0. The summed E-state index contributed by atoms with van der Waals surface area (Å²) in [6.07, 6.45) is 3.91. The molecule has 0 aliphatic carbocycles. The summed E-state index contributed by atoms with van der Waals surface area (Å²) in [6.45, 7) is 5.22. The van der Waals surface area contributed by atoms with Gasteiger partial charge in [-0.1, -0.05) is 38.1 Å². The second-order valence-electron chi connectivity index (χ2n) is 4.58. The van der Waals surface area contributed by atoms with E-state index >= 15 is 0 Å². The monoisotopic (exact) mass is 243 g/mol. The Morgan fingerprint density at radius 1 is 1.17 bits per heavy atom. The van der Waals surface area contributed by atoms with Crippen LogP contribution in [0.25, 0.3) is 11.3 Å². The van der Waals surface area contributed by atoms with Gasteiger partial charge in [0.25, 0.3) is 0 Å². The summed E-state index contributed by atoms with van der Waals surface area (Å²) in [5, 5.41) is 4.35. The van der Waals surface area contributed by atoms with Gasteiger partial charge in [-0.15, -0.1) is 0 Å². The molecule has 0 radical (unpaired) electrons. The molecule has 3 nitrogen and oxygen atoms in total. The van der Waals surface area contributed by atoms with E-state index in [1.807, 2.05) is 6.20 Å². The van der Waals surface area contributed by atoms with E-state index in [0.717, 1.165) is 19.4 Å². The Hall–Kier alpha value is -1.61. The number of hydrogen-bond donors (Lipinski definition) is 1. The molecule has 0 spiro atoms. The minimum atomic E-state index is 0.139. The van der Waals surface area contributed by atoms with Crippen molar-refractivity contribution in [2.24, 2.45) is 5.73 Å². The van der Waals surface area contributed by atoms with Crippen molar-refractivity contribution < 1.29 is 0 Å². The van der Waals surface area contributed by atoms with E-state index in [-0.39, 0.29) is 6.04 Å². The molecule has 1 aromatic heterocycles. The van der Waals surface area contributed by atoms with E-state index in [0.29, 0.717) is 0 Å². The van der Waals surface area contributed by atoms with Crippen LogP contribution in [0.5, 0.6) is 0 Å². The zero-order valence-electron chi connectivity index (χ0n) is 11.1. The number of nitrogens with zero attached hydrogens (tertiary/aromatic N) is 2. The Balaban J connectivity index is 2.26. The van der Waals surface area contributed by atoms with Gasteiger partial charge in [0.15, 0.2) is 0 Å². The number of benzene rings is 1. The summed E-state index contributed by atoms with van der Waals surface area (Å²) < 4.78 is 2.05. The summed E-state index contributed by atoms with van der Waals surface area (Å²) in [6, 6.07) is 10.7. The van der Waals surface area contributed by atoms with E-state index in [4.69, 9.17) is 5.73 Å². The number of nitrogens with two attached hydrogens (primary N) is 1. The lowest BCUT2D eigenvalue weighted by molar-refractivity contribution is 0.609. The lowest BCUT2D eigenvalue weighted by Gasteiger charge is -2.11. The van der Waals surface area contributed by atoms with Gasteiger partial charge in [0, 0.05) is 18.8 Å². The molecule has 96 valence electrons. The predicted octanol–water partition coefficient (Wildman–Crippen LogP) is 3.37. The molecule has 0 saturated heterocycles. The van der Waals surface area contributed by atoms with Crippen LogP contribution < -0.4 is 5.73 Å². The second-order valence-corrected chi connectivity index (χ2v) is 4.58. The molecule has 2 aromatic rings. The molecular weight excluding hydrogens is 222 g/mol. The maximum atomic E-state index is 6.02. The van der Waals surface area contributed by atoms with Crippen LogP contribution in [0, 0.1) is 0 Å². The Morgan fingerprint density at radius 2 is 1.89 bits per heavy atom. The number of hydrogen-bond acceptors (Lipinski definition) is 2. The van der Waals surface area contributed by atoms with Gasteiger partial charge in [-0.05, 0) is 30.0 Å². The van der Waals surface area contributed by atoms with Gasteiger partial charge in [0.2, 0.25) is 0 Å². The van der Waals surface area contributed by atoms with Gasteiger partial charge in [0.1, 0.15) is 0 Å². The fourth-order valence-electron chi connectivity index (χ4n) is 2.10. The summed E-state index contributed by atoms with van der Waals surface area (Å²) >= 11 is 0. The van der Waals surface area contributed by atoms with Gasteiger partial charge in [-0.25, -0.2) is 0 Å². The first-order valence-corrected chi connectivity index (χ1v) is 6.64. The maximum absolute atomic E-state index is 6.02. The average molecular weight is 243 g/mol. The molecule has 1 aromatic carbocycles. The van der Waals surface area contributed by atoms with Gasteiger partial charge in [0.05, 0.1) is 5.69 Å². The maximum Gasteiger partial charge on any atom is 0.0682 e. The van der Waals surface area contributed by atoms with Crippen molar-refractivity contribution in [3.8, 4) is 11.3 Å². The van der Waals surface area contributed by atoms with Crippen molar-refractivity contribution >= 4 is 0 Å². The third-order valence-electron chi connectivity index (χ3n) is 3.23. The zero-order chi connectivity index (χ0) is 13.0. The van der Waals surface area contributed by atoms with Crippen molar-refractivity contribution in [2.75, 3.05) is 0 Å². The molecule has 18 heavy (non-hydrogen) atoms. The van der Waals surface area contributed by atoms with Crippen LogP contribution in [0.4, 0.5) is 0 Å². The van der Waals surface area contributed by atoms with E-state index in [1.165, 1.54) is 16.8 Å². The van der Waals surface area contributed by atoms with Gasteiger partial charge in [-0.2, -0.15) is 5.10 Å². The number of rotatable bonds is 5. The molecular formula is C15H21N3. The summed E-state index contributed by atoms with van der Waals surface area (Å²) in [5.74, 6) is 0. The van der Waals surface area contributed by atoms with Crippen LogP contribution in [0.3, 0.4) is 0 Å². The van der Waals surface area contributed by atoms with Crippen LogP contribution in [0.15, 0.2) is 36.5 Å². The highest BCUT2D eigenvalue weighted by molar-refractivity contribution is 5.59. The van der Waals surface area contributed by atoms with Gasteiger partial charge < -0.3 is 5.73 Å². The van der Waals surface area contributed by atoms with Gasteiger partial charge in [-0.3, -0.25) is 4.68 Å². The molecule has 2 N–H and O–H groups in total. The van der Waals surface area contributed by atoms with Crippen LogP contribution in [-0.4, -0.2) is 9.78 Å². The molecule has 1 unspecified atom stereocenters. The first kappa shape index (κ1) is 12.8. The van der Waals surface area contributed by atoms with Crippen LogP contribution in [-0.2, 0) is 6.54 Å². The Morgan fingerprint density at radius 3 is 2.50 bits per heavy atom. The average Bonchev–Trinajstić information content (AvgIpc) is 2.87. The minimum absolute atomic E-state index is 0.139. The summed E-state index contributed by atoms with van der Waals surface area (Å²) in [7, 11) is 0. The molecule has 0 amide bonds. The highest BCUT2D eigenvalue weighted by atomic mass is 15.3. The lowest BCUT2D eigenvalue weighted by Crippen LogP contribution is -2.08. The van der Waals surface area contributed by atoms with Gasteiger partial charge >= 0.3 is 0 Å². The third-order valence-corrected chi connectivity index (χ3v) is 3.23. The number of aromatic nitrogens is 2. The molecule has 3 heteroatoms. The molecule has 0 aliphatic rings. The van der Waals surface area contributed by atoms with E-state index in [2.05, 4.69) is 54.0 Å². The van der Waals surface area contributed by atoms with Crippen LogP contribution in [0.1, 0.15) is 38.3 Å². The Labute approximate surface area is 109 Å². The molecule has 0 saturated carbocycles. The van der Waals surface area contributed by atoms with E-state index in [1.54, 1.807) is 0 Å². The quantitative estimate of drug-likeness (QED) is 0.875. The molecule has 0 fully saturated rings. The second kappa shape index (κ2) is 5.83. The molecule has 1 heterocycles. The highest BCUT2D eigenvalue weighted by Gasteiger charge is 2.06. The molecule has 1 atom stereocenters. The van der Waals surface area contributed by atoms with Crippen molar-refractivity contribution in [3.05, 3.63) is 42.1 Å². The normalized spacial score (nSPS) is 12.6. The SMILES string of the molecule is CCCn1nccc1-c1ccc(C(N)CC)cc1. The van der Waals surface area contributed by atoms with E-state index < -0.39 is 0 Å². The fraction of sp³-hybridized carbons (Fsp3) is 0.400. The summed E-state index contributed by atoms with van der Waals surface area (Å²) in [4.78, 5) is 0. The standard InChI is InChI=1S/C15H21N3/c1-3-11-18-15(9-10-17-18)13-7-5-12(6-8-13)14(16)4-2/h5-10,14H,3-4,11,16H2,1-2H3. The Kier molecular flexibility index (Phi) is 4.15. The smallest absolute Gasteiger partial charge is 0.0682 e. The van der Waals surface area contributed by atoms with Crippen LogP contribution in [0.2, 0.25) is 0 Å². The van der Waals surface area contributed by atoms with Crippen LogP contribution >= 0.6 is 0 Å². The molecule has 0 bridgehead atoms. The topological polar surface area (TPSA) is 43.8 Å². The Bertz CT molecular complexity index is 485. The van der Waals surface area contributed by atoms with E-state index in [9.17, 15) is 0 Å². The summed E-state index contributed by atoms with van der Waals surface area (Å²) in [5.41, 5.74) is 9.60. The van der Waals surface area contributed by atoms with Crippen molar-refractivity contribution in [1.29, 1.82) is 0 Å². The first-order chi connectivity index (χ1) is 8.76. The predicted molar refractivity (Wildman–Crippen MR) is 75.2 cm³/mol. The van der Waals surface area contributed by atoms with Crippen molar-refractivity contribution in [1.82, 2.24) is 9.78 Å². The van der Waals surface area contributed by atoms with Crippen molar-refractivity contribution in [3.63, 3.8) is 0 Å². The first-order valence-electron chi connectivity index (χ1n) is 6.64. The molecule has 2 rings (SSSR count). The third kappa shape index (κ3) is 2.62. The van der Waals surface area contributed by atoms with Crippen molar-refractivity contribution in [2.45, 2.75) is 39.3 Å². The minimum Gasteiger partial charge on any atom is -0.324 e. The number of aryl methyl sites for hydroxylation is 1.